The van der Waals surface area contributed by atoms with Crippen LogP contribution >= 0.6 is 0 Å². The van der Waals surface area contributed by atoms with Crippen LogP contribution in [0.1, 0.15) is 0 Å². The molecule has 0 aromatic carbocycles. The van der Waals surface area contributed by atoms with E-state index in [1.54, 1.807) is 0 Å². The van der Waals surface area contributed by atoms with Crippen molar-refractivity contribution in [3.05, 3.63) is 30.3 Å². The summed E-state index contributed by atoms with van der Waals surface area (Å²) in [5.74, 6) is 0. The molecule has 13 heteroatoms. The molecule has 0 bridgehead atoms. The zero-order valence-corrected chi connectivity index (χ0v) is 8.81. The van der Waals surface area contributed by atoms with Crippen molar-refractivity contribution in [1.29, 1.82) is 0 Å². The molecule has 0 aromatic rings. The van der Waals surface area contributed by atoms with E-state index < -0.39 is 15.3 Å². The van der Waals surface area contributed by atoms with E-state index in [1.165, 1.54) is 0 Å². The van der Waals surface area contributed by atoms with Gasteiger partial charge in [-0.15, -0.1) is 30.3 Å². The Labute approximate surface area is 80.0 Å². The summed E-state index contributed by atoms with van der Waals surface area (Å²) < 4.78 is 0. The summed E-state index contributed by atoms with van der Waals surface area (Å²) in [6, 6.07) is 0. The molecule has 80 valence electrons. The topological polar surface area (TPSA) is 190 Å². The van der Waals surface area contributed by atoms with Crippen molar-refractivity contribution in [2.24, 2.45) is 0 Å². The van der Waals surface area contributed by atoms with Crippen molar-refractivity contribution < 1.29 is 30.9 Å². The van der Waals surface area contributed by atoms with E-state index in [4.69, 9.17) is 46.0 Å². The van der Waals surface area contributed by atoms with Gasteiger partial charge in [0.25, 0.3) is 15.3 Å². The Morgan fingerprint density at radius 3 is 0.692 bits per heavy atom. The second kappa shape index (κ2) is 16.6. The van der Waals surface area contributed by atoms with Crippen LogP contribution in [-0.2, 0) is 0 Å². The Kier molecular flexibility index (Phi) is 28.7. The molecule has 0 saturated carbocycles. The van der Waals surface area contributed by atoms with Crippen LogP contribution in [-0.4, -0.2) is 48.8 Å². The monoisotopic (exact) mass is 267 g/mol. The van der Waals surface area contributed by atoms with Gasteiger partial charge in [-0.25, -0.2) is 0 Å². The van der Waals surface area contributed by atoms with Gasteiger partial charge in [-0.3, -0.25) is 0 Å². The third kappa shape index (κ3) is 199. The molecule has 0 aliphatic heterocycles. The summed E-state index contributed by atoms with van der Waals surface area (Å²) in [7, 11) is 0. The molecular formula is H6AsN3O9. The summed E-state index contributed by atoms with van der Waals surface area (Å²) in [6.45, 7) is 0. The molecule has 0 aromatic heterocycles. The minimum absolute atomic E-state index is 0. The van der Waals surface area contributed by atoms with Gasteiger partial charge in [0.05, 0.1) is 0 Å². The predicted octanol–water partition coefficient (Wildman–Crippen LogP) is -2.23. The quantitative estimate of drug-likeness (QED) is 0.247. The summed E-state index contributed by atoms with van der Waals surface area (Å²) >= 11 is 0. The maximum absolute atomic E-state index is 8.36. The molecule has 1 unspecified atom stereocenters. The van der Waals surface area contributed by atoms with Crippen LogP contribution in [0.2, 0.25) is 0 Å². The molecule has 12 nitrogen and oxygen atoms in total. The van der Waals surface area contributed by atoms with Crippen LogP contribution in [0.5, 0.6) is 0 Å². The van der Waals surface area contributed by atoms with Gasteiger partial charge >= 0.3 is 18.0 Å². The molecule has 0 fully saturated rings. The maximum atomic E-state index is 8.36. The van der Waals surface area contributed by atoms with E-state index in [2.05, 4.69) is 0 Å². The van der Waals surface area contributed by atoms with Crippen LogP contribution in [0.25, 0.3) is 0 Å². The van der Waals surface area contributed by atoms with Gasteiger partial charge in [0, 0.05) is 0 Å². The standard InChI is InChI=1S/AsH3.3HNO3/c;3*2-1(3)4/h1H3;3*(H,2,3,4). The van der Waals surface area contributed by atoms with Gasteiger partial charge < -0.3 is 15.6 Å². The second-order valence-corrected chi connectivity index (χ2v) is 0.714. The first-order valence-corrected chi connectivity index (χ1v) is 1.70. The van der Waals surface area contributed by atoms with Gasteiger partial charge in [0.2, 0.25) is 0 Å². The van der Waals surface area contributed by atoms with Crippen molar-refractivity contribution in [1.82, 2.24) is 0 Å². The molecule has 13 heavy (non-hydrogen) atoms. The van der Waals surface area contributed by atoms with Crippen molar-refractivity contribution in [3.8, 4) is 0 Å². The number of nitrogens with zero attached hydrogens (tertiary/aromatic N) is 3. The molecule has 0 amide bonds. The van der Waals surface area contributed by atoms with Gasteiger partial charge in [-0.2, -0.15) is 0 Å². The van der Waals surface area contributed by atoms with Crippen molar-refractivity contribution in [3.63, 3.8) is 0 Å². The Bertz CT molecular complexity index is 112. The summed E-state index contributed by atoms with van der Waals surface area (Å²) in [4.78, 5) is 25.1. The first-order valence-electron chi connectivity index (χ1n) is 1.70. The molecule has 1 atom stereocenters. The molecule has 3 N–H and O–H groups in total. The number of hydrogen-bond donors (Lipinski definition) is 3. The van der Waals surface area contributed by atoms with Gasteiger partial charge in [-0.05, 0) is 0 Å². The van der Waals surface area contributed by atoms with Crippen LogP contribution in [0.15, 0.2) is 0 Å². The van der Waals surface area contributed by atoms with E-state index in [-0.39, 0.29) is 18.0 Å². The van der Waals surface area contributed by atoms with Crippen LogP contribution in [0, 0.1) is 30.3 Å². The fourth-order valence-electron chi connectivity index (χ4n) is 0. The Morgan fingerprint density at radius 1 is 0.692 bits per heavy atom. The van der Waals surface area contributed by atoms with Crippen molar-refractivity contribution in [2.45, 2.75) is 0 Å². The van der Waals surface area contributed by atoms with Crippen LogP contribution < -0.4 is 0 Å². The fraction of sp³-hybridized carbons (Fsp3) is 0. The Hall–Kier alpha value is -1.84. The molecule has 0 saturated heterocycles. The van der Waals surface area contributed by atoms with E-state index in [0.29, 0.717) is 0 Å². The van der Waals surface area contributed by atoms with Crippen molar-refractivity contribution >= 4 is 18.0 Å². The van der Waals surface area contributed by atoms with Gasteiger partial charge in [0.1, 0.15) is 0 Å². The van der Waals surface area contributed by atoms with Crippen LogP contribution in [0.3, 0.4) is 0 Å². The summed E-state index contributed by atoms with van der Waals surface area (Å²) in [5, 5.41) is 40.9. The molecule has 0 spiro atoms. The van der Waals surface area contributed by atoms with E-state index in [0.717, 1.165) is 0 Å². The molecular weight excluding hydrogens is 261 g/mol. The summed E-state index contributed by atoms with van der Waals surface area (Å²) in [6.07, 6.45) is 0. The average molecular weight is 267 g/mol. The molecule has 0 rings (SSSR count). The van der Waals surface area contributed by atoms with Gasteiger partial charge in [-0.1, -0.05) is 0 Å². The van der Waals surface area contributed by atoms with Gasteiger partial charge in [0.15, 0.2) is 0 Å². The zero-order valence-electron chi connectivity index (χ0n) is 5.84. The normalized spacial score (nSPS) is 5.54. The van der Waals surface area contributed by atoms with E-state index in [1.807, 2.05) is 0 Å². The third-order valence-corrected chi connectivity index (χ3v) is 0. The molecule has 0 aliphatic rings. The zero-order chi connectivity index (χ0) is 10.7. The first-order chi connectivity index (χ1) is 5.20. The van der Waals surface area contributed by atoms with E-state index >= 15 is 0 Å². The molecule has 0 heterocycles. The number of hydrogen-bond acceptors (Lipinski definition) is 6. The average Bonchev–Trinajstić information content (AvgIpc) is 1.54. The predicted molar refractivity (Wildman–Crippen MR) is 36.3 cm³/mol. The number of rotatable bonds is 0. The van der Waals surface area contributed by atoms with Crippen LogP contribution in [0.4, 0.5) is 0 Å². The Balaban J connectivity index is -0.0000000450. The summed E-state index contributed by atoms with van der Waals surface area (Å²) in [5.41, 5.74) is 0. The Morgan fingerprint density at radius 2 is 0.692 bits per heavy atom. The third-order valence-electron chi connectivity index (χ3n) is 0. The molecule has 0 radical (unpaired) electrons. The van der Waals surface area contributed by atoms with E-state index in [9.17, 15) is 0 Å². The SMILES string of the molecule is O=[N+]([O-])O.O=[N+]([O-])O.O=[N+]([O-])O.[AsH3]. The fourth-order valence-corrected chi connectivity index (χ4v) is 0. The second-order valence-electron chi connectivity index (χ2n) is 0.714. The van der Waals surface area contributed by atoms with Crippen molar-refractivity contribution in [2.75, 3.05) is 0 Å². The first kappa shape index (κ1) is 22.5. The molecule has 0 aliphatic carbocycles. The minimum atomic E-state index is -1.50.